The summed E-state index contributed by atoms with van der Waals surface area (Å²) in [5.74, 6) is 1.85. The predicted molar refractivity (Wildman–Crippen MR) is 76.4 cm³/mol. The molecule has 0 aliphatic rings. The fraction of sp³-hybridized carbons (Fsp3) is 0.308. The Hall–Kier alpha value is -2.57. The van der Waals surface area contributed by atoms with E-state index in [4.69, 9.17) is 20.9 Å². The summed E-state index contributed by atoms with van der Waals surface area (Å²) >= 11 is 0. The lowest BCUT2D eigenvalue weighted by atomic mass is 10.1. The Balaban J connectivity index is 2.48. The maximum Gasteiger partial charge on any atom is 0.225 e. The van der Waals surface area contributed by atoms with Gasteiger partial charge in [0, 0.05) is 6.07 Å². The molecule has 0 atom stereocenters. The van der Waals surface area contributed by atoms with Crippen molar-refractivity contribution in [3.8, 4) is 22.9 Å². The number of nitrogens with two attached hydrogens (primary N) is 2. The monoisotopic (exact) mass is 275 g/mol. The third-order valence-electron chi connectivity index (χ3n) is 2.47. The zero-order valence-corrected chi connectivity index (χ0v) is 11.5. The highest BCUT2D eigenvalue weighted by Gasteiger charge is 2.12. The third kappa shape index (κ3) is 3.05. The molecule has 0 saturated carbocycles. The molecule has 0 saturated heterocycles. The van der Waals surface area contributed by atoms with Crippen molar-refractivity contribution in [2.75, 3.05) is 24.7 Å². The number of benzene rings is 1. The Morgan fingerprint density at radius 1 is 0.950 bits per heavy atom. The first-order valence-electron chi connectivity index (χ1n) is 6.31. The summed E-state index contributed by atoms with van der Waals surface area (Å²) in [4.78, 5) is 11.9. The summed E-state index contributed by atoms with van der Waals surface area (Å²) in [5, 5.41) is 0. The van der Waals surface area contributed by atoms with Gasteiger partial charge in [0.25, 0.3) is 0 Å². The lowest BCUT2D eigenvalue weighted by Crippen LogP contribution is -2.05. The van der Waals surface area contributed by atoms with E-state index >= 15 is 0 Å². The van der Waals surface area contributed by atoms with E-state index < -0.39 is 0 Å². The highest BCUT2D eigenvalue weighted by Crippen LogP contribution is 2.32. The zero-order chi connectivity index (χ0) is 14.5. The Labute approximate surface area is 117 Å². The van der Waals surface area contributed by atoms with E-state index in [1.165, 1.54) is 0 Å². The van der Waals surface area contributed by atoms with Crippen LogP contribution in [-0.4, -0.2) is 28.2 Å². The molecule has 0 aliphatic carbocycles. The average Bonchev–Trinajstić information content (AvgIpc) is 2.38. The maximum absolute atomic E-state index is 5.60. The van der Waals surface area contributed by atoms with Crippen LogP contribution in [0.3, 0.4) is 0 Å². The van der Waals surface area contributed by atoms with Crippen LogP contribution in [0.4, 0.5) is 11.9 Å². The first-order chi connectivity index (χ1) is 9.63. The second-order valence-electron chi connectivity index (χ2n) is 3.90. The molecule has 4 N–H and O–H groups in total. The van der Waals surface area contributed by atoms with Crippen molar-refractivity contribution < 1.29 is 9.47 Å². The van der Waals surface area contributed by atoms with Crippen LogP contribution >= 0.6 is 0 Å². The molecule has 0 aliphatic heterocycles. The minimum Gasteiger partial charge on any atom is -0.494 e. The summed E-state index contributed by atoms with van der Waals surface area (Å²) in [6, 6.07) is 5.42. The van der Waals surface area contributed by atoms with Gasteiger partial charge in [-0.1, -0.05) is 0 Å². The molecule has 0 amide bonds. The van der Waals surface area contributed by atoms with Crippen molar-refractivity contribution in [1.29, 1.82) is 0 Å². The summed E-state index contributed by atoms with van der Waals surface area (Å²) in [7, 11) is 0. The van der Waals surface area contributed by atoms with Gasteiger partial charge < -0.3 is 20.9 Å². The van der Waals surface area contributed by atoms with E-state index in [1.807, 2.05) is 26.0 Å². The smallest absolute Gasteiger partial charge is 0.225 e. The van der Waals surface area contributed by atoms with Gasteiger partial charge in [0.1, 0.15) is 11.5 Å². The van der Waals surface area contributed by atoms with E-state index in [2.05, 4.69) is 15.0 Å². The number of rotatable bonds is 5. The fourth-order valence-electron chi connectivity index (χ4n) is 1.75. The van der Waals surface area contributed by atoms with Crippen LogP contribution in [0, 0.1) is 0 Å². The van der Waals surface area contributed by atoms with Crippen LogP contribution < -0.4 is 20.9 Å². The summed E-state index contributed by atoms with van der Waals surface area (Å²) < 4.78 is 11.0. The Kier molecular flexibility index (Phi) is 4.19. The molecular formula is C13H17N5O2. The molecule has 0 unspecified atom stereocenters. The summed E-state index contributed by atoms with van der Waals surface area (Å²) in [6.07, 6.45) is 0. The lowest BCUT2D eigenvalue weighted by Gasteiger charge is -2.12. The van der Waals surface area contributed by atoms with Gasteiger partial charge >= 0.3 is 0 Å². The van der Waals surface area contributed by atoms with Gasteiger partial charge in [0.15, 0.2) is 5.82 Å². The van der Waals surface area contributed by atoms with Crippen molar-refractivity contribution in [3.63, 3.8) is 0 Å². The normalized spacial score (nSPS) is 10.3. The van der Waals surface area contributed by atoms with Crippen molar-refractivity contribution in [2.24, 2.45) is 0 Å². The van der Waals surface area contributed by atoms with Crippen molar-refractivity contribution in [3.05, 3.63) is 18.2 Å². The minimum absolute atomic E-state index is 0.0730. The number of nitrogen functional groups attached to an aromatic ring is 2. The zero-order valence-electron chi connectivity index (χ0n) is 11.5. The number of hydrogen-bond donors (Lipinski definition) is 2. The van der Waals surface area contributed by atoms with Crippen molar-refractivity contribution in [1.82, 2.24) is 15.0 Å². The molecule has 7 nitrogen and oxygen atoms in total. The first kappa shape index (κ1) is 13.9. The van der Waals surface area contributed by atoms with E-state index in [-0.39, 0.29) is 11.9 Å². The highest BCUT2D eigenvalue weighted by molar-refractivity contribution is 5.67. The molecule has 0 bridgehead atoms. The molecule has 0 fully saturated rings. The summed E-state index contributed by atoms with van der Waals surface area (Å²) in [5.41, 5.74) is 11.9. The molecule has 1 heterocycles. The molecule has 0 radical (unpaired) electrons. The van der Waals surface area contributed by atoms with Crippen molar-refractivity contribution in [2.45, 2.75) is 13.8 Å². The molecule has 1 aromatic carbocycles. The summed E-state index contributed by atoms with van der Waals surface area (Å²) in [6.45, 7) is 4.91. The number of aromatic nitrogens is 3. The van der Waals surface area contributed by atoms with E-state index in [0.29, 0.717) is 30.4 Å². The number of ether oxygens (including phenoxy) is 2. The van der Waals surface area contributed by atoms with E-state index in [1.54, 1.807) is 6.07 Å². The molecule has 2 aromatic rings. The molecule has 7 heteroatoms. The molecule has 20 heavy (non-hydrogen) atoms. The standard InChI is InChI=1S/C13H17N5O2/c1-3-19-8-5-6-9(10(7-8)20-4-2)11-16-12(14)18-13(15)17-11/h5-7H,3-4H2,1-2H3,(H4,14,15,16,17,18). The van der Waals surface area contributed by atoms with E-state index in [9.17, 15) is 0 Å². The second kappa shape index (κ2) is 6.05. The minimum atomic E-state index is 0.0730. The van der Waals surface area contributed by atoms with Gasteiger partial charge in [-0.15, -0.1) is 0 Å². The van der Waals surface area contributed by atoms with Gasteiger partial charge in [0.2, 0.25) is 11.9 Å². The SMILES string of the molecule is CCOc1ccc(-c2nc(N)nc(N)n2)c(OCC)c1. The topological polar surface area (TPSA) is 109 Å². The Morgan fingerprint density at radius 3 is 2.20 bits per heavy atom. The van der Waals surface area contributed by atoms with Crippen LogP contribution in [0.15, 0.2) is 18.2 Å². The Bertz CT molecular complexity index is 583. The lowest BCUT2D eigenvalue weighted by molar-refractivity contribution is 0.324. The Morgan fingerprint density at radius 2 is 1.60 bits per heavy atom. The van der Waals surface area contributed by atoms with Gasteiger partial charge in [-0.2, -0.15) is 15.0 Å². The van der Waals surface area contributed by atoms with Crippen LogP contribution in [0.1, 0.15) is 13.8 Å². The highest BCUT2D eigenvalue weighted by atomic mass is 16.5. The molecule has 2 rings (SSSR count). The van der Waals surface area contributed by atoms with Gasteiger partial charge in [-0.3, -0.25) is 0 Å². The molecule has 1 aromatic heterocycles. The molecule has 0 spiro atoms. The van der Waals surface area contributed by atoms with Crippen LogP contribution in [0.5, 0.6) is 11.5 Å². The van der Waals surface area contributed by atoms with E-state index in [0.717, 1.165) is 5.75 Å². The number of nitrogens with zero attached hydrogens (tertiary/aromatic N) is 3. The fourth-order valence-corrected chi connectivity index (χ4v) is 1.75. The van der Waals surface area contributed by atoms with Gasteiger partial charge in [-0.05, 0) is 26.0 Å². The second-order valence-corrected chi connectivity index (χ2v) is 3.90. The molecular weight excluding hydrogens is 258 g/mol. The third-order valence-corrected chi connectivity index (χ3v) is 2.47. The quantitative estimate of drug-likeness (QED) is 0.850. The van der Waals surface area contributed by atoms with Crippen LogP contribution in [-0.2, 0) is 0 Å². The first-order valence-corrected chi connectivity index (χ1v) is 6.31. The largest absolute Gasteiger partial charge is 0.494 e. The number of hydrogen-bond acceptors (Lipinski definition) is 7. The predicted octanol–water partition coefficient (Wildman–Crippen LogP) is 1.50. The van der Waals surface area contributed by atoms with Crippen LogP contribution in [0.25, 0.3) is 11.4 Å². The van der Waals surface area contributed by atoms with Crippen LogP contribution in [0.2, 0.25) is 0 Å². The van der Waals surface area contributed by atoms with Crippen molar-refractivity contribution >= 4 is 11.9 Å². The maximum atomic E-state index is 5.60. The number of anilines is 2. The van der Waals surface area contributed by atoms with Gasteiger partial charge in [-0.25, -0.2) is 0 Å². The van der Waals surface area contributed by atoms with Gasteiger partial charge in [0.05, 0.1) is 18.8 Å². The average molecular weight is 275 g/mol. The molecule has 106 valence electrons.